The summed E-state index contributed by atoms with van der Waals surface area (Å²) < 4.78 is 0. The van der Waals surface area contributed by atoms with Crippen LogP contribution >= 0.6 is 36.4 Å². The third kappa shape index (κ3) is 6.09. The van der Waals surface area contributed by atoms with Crippen LogP contribution in [0.25, 0.3) is 11.1 Å². The van der Waals surface area contributed by atoms with E-state index in [0.29, 0.717) is 12.0 Å². The van der Waals surface area contributed by atoms with Crippen molar-refractivity contribution in [3.63, 3.8) is 0 Å². The lowest BCUT2D eigenvalue weighted by molar-refractivity contribution is 0.154. The van der Waals surface area contributed by atoms with E-state index in [4.69, 9.17) is 11.6 Å². The molecule has 0 bridgehead atoms. The molecular weight excluding hydrogens is 413 g/mol. The number of hydrogen-bond donors (Lipinski definition) is 1. The molecule has 154 valence electrons. The first-order chi connectivity index (χ1) is 12.7. The van der Waals surface area contributed by atoms with Gasteiger partial charge in [-0.3, -0.25) is 4.90 Å². The van der Waals surface area contributed by atoms with Crippen LogP contribution in [0.3, 0.4) is 0 Å². The topological polar surface area (TPSA) is 18.5 Å². The maximum Gasteiger partial charge on any atom is 0.0412 e. The van der Waals surface area contributed by atoms with E-state index in [1.54, 1.807) is 0 Å². The van der Waals surface area contributed by atoms with Gasteiger partial charge in [-0.2, -0.15) is 0 Å². The molecule has 3 nitrogen and oxygen atoms in total. The fourth-order valence-electron chi connectivity index (χ4n) is 3.86. The predicted octanol–water partition coefficient (Wildman–Crippen LogP) is 4.54. The zero-order valence-corrected chi connectivity index (χ0v) is 18.7. The summed E-state index contributed by atoms with van der Waals surface area (Å²) in [6, 6.07) is 17.7. The van der Waals surface area contributed by atoms with Crippen molar-refractivity contribution in [1.29, 1.82) is 0 Å². The summed E-state index contributed by atoms with van der Waals surface area (Å²) in [6.07, 6.45) is 1.26. The molecule has 2 aromatic carbocycles. The monoisotopic (exact) mass is 441 g/mol. The average molecular weight is 443 g/mol. The minimum Gasteiger partial charge on any atom is -0.312 e. The van der Waals surface area contributed by atoms with Crippen molar-refractivity contribution in [3.05, 3.63) is 59.1 Å². The van der Waals surface area contributed by atoms with Gasteiger partial charge in [-0.05, 0) is 42.3 Å². The molecule has 28 heavy (non-hydrogen) atoms. The molecule has 2 aliphatic rings. The number of piperazine rings is 1. The van der Waals surface area contributed by atoms with Crippen LogP contribution in [-0.2, 0) is 0 Å². The van der Waals surface area contributed by atoms with Crippen molar-refractivity contribution in [3.8, 4) is 11.1 Å². The third-order valence-corrected chi connectivity index (χ3v) is 5.95. The highest BCUT2D eigenvalue weighted by Crippen LogP contribution is 2.41. The lowest BCUT2D eigenvalue weighted by Crippen LogP contribution is -2.46. The molecule has 2 atom stereocenters. The number of halogens is 3. The van der Waals surface area contributed by atoms with E-state index in [2.05, 4.69) is 52.5 Å². The van der Waals surface area contributed by atoms with Crippen LogP contribution in [0, 0.1) is 0 Å². The fraction of sp³-hybridized carbons (Fsp3) is 0.455. The maximum atomic E-state index is 6.10. The molecule has 2 fully saturated rings. The second-order valence-corrected chi connectivity index (χ2v) is 8.12. The lowest BCUT2D eigenvalue weighted by Gasteiger charge is -2.32. The van der Waals surface area contributed by atoms with E-state index in [-0.39, 0.29) is 24.8 Å². The van der Waals surface area contributed by atoms with Gasteiger partial charge in [0.15, 0.2) is 0 Å². The van der Waals surface area contributed by atoms with Crippen LogP contribution in [0.5, 0.6) is 0 Å². The molecule has 2 aromatic rings. The molecule has 6 heteroatoms. The zero-order valence-electron chi connectivity index (χ0n) is 16.3. The van der Waals surface area contributed by atoms with Crippen LogP contribution in [0.2, 0.25) is 5.02 Å². The van der Waals surface area contributed by atoms with Crippen LogP contribution < -0.4 is 5.32 Å². The second kappa shape index (κ2) is 10.8. The average Bonchev–Trinajstić information content (AvgIpc) is 3.43. The Bertz CT molecular complexity index is 730. The van der Waals surface area contributed by atoms with Crippen molar-refractivity contribution in [2.24, 2.45) is 0 Å². The Balaban J connectivity index is 0.00000140. The summed E-state index contributed by atoms with van der Waals surface area (Å²) in [4.78, 5) is 4.98. The third-order valence-electron chi connectivity index (χ3n) is 5.72. The number of nitrogens with one attached hydrogen (secondary N) is 1. The summed E-state index contributed by atoms with van der Waals surface area (Å²) >= 11 is 6.10. The molecule has 1 N–H and O–H groups in total. The van der Waals surface area contributed by atoms with Gasteiger partial charge < -0.3 is 10.2 Å². The first-order valence-electron chi connectivity index (χ1n) is 9.69. The Kier molecular flexibility index (Phi) is 9.07. The van der Waals surface area contributed by atoms with Gasteiger partial charge in [0.05, 0.1) is 0 Å². The Hall–Kier alpha value is -0.810. The van der Waals surface area contributed by atoms with Crippen molar-refractivity contribution >= 4 is 36.4 Å². The zero-order chi connectivity index (χ0) is 17.9. The highest BCUT2D eigenvalue weighted by atomic mass is 35.5. The molecule has 0 unspecified atom stereocenters. The van der Waals surface area contributed by atoms with Gasteiger partial charge in [0, 0.05) is 56.3 Å². The largest absolute Gasteiger partial charge is 0.312 e. The van der Waals surface area contributed by atoms with Crippen molar-refractivity contribution < 1.29 is 0 Å². The van der Waals surface area contributed by atoms with Gasteiger partial charge in [-0.15, -0.1) is 24.8 Å². The molecule has 0 radical (unpaired) electrons. The standard InChI is InChI=1S/C22H28ClN3.2ClH/c1-25-11-13-26(14-12-25)10-9-24-22-16-21(22)18-7-5-17(6-8-18)19-3-2-4-20(23)15-19;;/h2-8,15,21-22,24H,9-14,16H2,1H3;2*1H/t21-,22+;;/m0../s1. The van der Waals surface area contributed by atoms with Crippen LogP contribution in [0.4, 0.5) is 0 Å². The Morgan fingerprint density at radius 2 is 1.68 bits per heavy atom. The summed E-state index contributed by atoms with van der Waals surface area (Å²) in [6.45, 7) is 7.08. The molecule has 1 aliphatic carbocycles. The smallest absolute Gasteiger partial charge is 0.0412 e. The number of rotatable bonds is 6. The molecule has 1 heterocycles. The quantitative estimate of drug-likeness (QED) is 0.708. The highest BCUT2D eigenvalue weighted by Gasteiger charge is 2.37. The number of benzene rings is 2. The molecule has 4 rings (SSSR count). The van der Waals surface area contributed by atoms with Gasteiger partial charge in [0.1, 0.15) is 0 Å². The minimum atomic E-state index is 0. The first kappa shape index (κ1) is 23.5. The number of likely N-dealkylation sites (N-methyl/N-ethyl adjacent to an activating group) is 1. The van der Waals surface area contributed by atoms with Crippen LogP contribution in [0.15, 0.2) is 48.5 Å². The minimum absolute atomic E-state index is 0. The predicted molar refractivity (Wildman–Crippen MR) is 124 cm³/mol. The molecule has 0 amide bonds. The SMILES string of the molecule is CN1CCN(CCN[C@@H]2C[C@H]2c2ccc(-c3cccc(Cl)c3)cc2)CC1.Cl.Cl. The van der Waals surface area contributed by atoms with Crippen LogP contribution in [-0.4, -0.2) is 62.2 Å². The molecule has 1 aliphatic heterocycles. The molecular formula is C22H30Cl3N3. The van der Waals surface area contributed by atoms with Gasteiger partial charge >= 0.3 is 0 Å². The van der Waals surface area contributed by atoms with Gasteiger partial charge in [-0.25, -0.2) is 0 Å². The van der Waals surface area contributed by atoms with Gasteiger partial charge in [-0.1, -0.05) is 48.0 Å². The second-order valence-electron chi connectivity index (χ2n) is 7.68. The van der Waals surface area contributed by atoms with E-state index < -0.39 is 0 Å². The maximum absolute atomic E-state index is 6.10. The molecule has 1 saturated heterocycles. The van der Waals surface area contributed by atoms with E-state index in [1.807, 2.05) is 18.2 Å². The Morgan fingerprint density at radius 1 is 0.964 bits per heavy atom. The van der Waals surface area contributed by atoms with E-state index >= 15 is 0 Å². The summed E-state index contributed by atoms with van der Waals surface area (Å²) in [7, 11) is 2.21. The van der Waals surface area contributed by atoms with E-state index in [9.17, 15) is 0 Å². The molecule has 1 saturated carbocycles. The lowest BCUT2D eigenvalue weighted by atomic mass is 10.0. The van der Waals surface area contributed by atoms with Crippen molar-refractivity contribution in [2.75, 3.05) is 46.3 Å². The summed E-state index contributed by atoms with van der Waals surface area (Å²) in [5, 5.41) is 4.53. The van der Waals surface area contributed by atoms with Gasteiger partial charge in [0.2, 0.25) is 0 Å². The molecule has 0 aromatic heterocycles. The van der Waals surface area contributed by atoms with E-state index in [0.717, 1.165) is 11.6 Å². The normalized spacial score (nSPS) is 22.2. The van der Waals surface area contributed by atoms with Gasteiger partial charge in [0.25, 0.3) is 0 Å². The first-order valence-corrected chi connectivity index (χ1v) is 10.1. The number of hydrogen-bond acceptors (Lipinski definition) is 3. The summed E-state index contributed by atoms with van der Waals surface area (Å²) in [5.41, 5.74) is 3.87. The van der Waals surface area contributed by atoms with Crippen LogP contribution in [0.1, 0.15) is 17.9 Å². The highest BCUT2D eigenvalue weighted by molar-refractivity contribution is 6.30. The molecule has 0 spiro atoms. The van der Waals surface area contributed by atoms with E-state index in [1.165, 1.54) is 55.8 Å². The Labute approximate surface area is 186 Å². The van der Waals surface area contributed by atoms with Crippen molar-refractivity contribution in [2.45, 2.75) is 18.4 Å². The van der Waals surface area contributed by atoms with Crippen molar-refractivity contribution in [1.82, 2.24) is 15.1 Å². The summed E-state index contributed by atoms with van der Waals surface area (Å²) in [5.74, 6) is 0.677. The fourth-order valence-corrected chi connectivity index (χ4v) is 4.05. The number of nitrogens with zero attached hydrogens (tertiary/aromatic N) is 2. The Morgan fingerprint density at radius 3 is 2.36 bits per heavy atom.